The van der Waals surface area contributed by atoms with Crippen LogP contribution in [0.1, 0.15) is 19.3 Å². The highest BCUT2D eigenvalue weighted by Crippen LogP contribution is 2.38. The zero-order valence-electron chi connectivity index (χ0n) is 13.9. The molecule has 0 bridgehead atoms. The number of piperidine rings is 2. The minimum Gasteiger partial charge on any atom is -0.396 e. The van der Waals surface area contributed by atoms with Crippen molar-refractivity contribution in [3.05, 3.63) is 42.5 Å². The molecule has 2 atom stereocenters. The van der Waals surface area contributed by atoms with Gasteiger partial charge in [-0.25, -0.2) is 0 Å². The summed E-state index contributed by atoms with van der Waals surface area (Å²) in [6.07, 6.45) is 3.25. The molecule has 0 amide bonds. The summed E-state index contributed by atoms with van der Waals surface area (Å²) in [6.45, 7) is 3.11. The van der Waals surface area contributed by atoms with Crippen LogP contribution in [0.5, 0.6) is 0 Å². The molecule has 2 saturated heterocycles. The van der Waals surface area contributed by atoms with Gasteiger partial charge in [0, 0.05) is 30.1 Å². The summed E-state index contributed by atoms with van der Waals surface area (Å²) >= 11 is 0. The molecule has 0 radical (unpaired) electrons. The summed E-state index contributed by atoms with van der Waals surface area (Å²) < 4.78 is 0. The van der Waals surface area contributed by atoms with Crippen LogP contribution in [0.15, 0.2) is 42.5 Å². The highest BCUT2D eigenvalue weighted by molar-refractivity contribution is 5.59. The SMILES string of the molecule is OC[C@]12CCCN[C@@H]1CCN(c1ccc(-c3ccccc3)nn1)C2. The fourth-order valence-corrected chi connectivity index (χ4v) is 4.14. The van der Waals surface area contributed by atoms with Crippen molar-refractivity contribution in [3.63, 3.8) is 0 Å². The molecule has 24 heavy (non-hydrogen) atoms. The Morgan fingerprint density at radius 1 is 1.17 bits per heavy atom. The van der Waals surface area contributed by atoms with Crippen molar-refractivity contribution >= 4 is 5.82 Å². The number of nitrogens with one attached hydrogen (secondary N) is 1. The lowest BCUT2D eigenvalue weighted by molar-refractivity contribution is 0.0403. The normalized spacial score (nSPS) is 26.9. The first kappa shape index (κ1) is 15.5. The van der Waals surface area contributed by atoms with E-state index >= 15 is 0 Å². The highest BCUT2D eigenvalue weighted by Gasteiger charge is 2.44. The third kappa shape index (κ3) is 2.78. The number of aromatic nitrogens is 2. The van der Waals surface area contributed by atoms with E-state index < -0.39 is 0 Å². The number of anilines is 1. The predicted octanol–water partition coefficient (Wildman–Crippen LogP) is 2.08. The molecule has 2 N–H and O–H groups in total. The molecule has 2 fully saturated rings. The molecule has 0 saturated carbocycles. The predicted molar refractivity (Wildman–Crippen MR) is 94.8 cm³/mol. The van der Waals surface area contributed by atoms with Crippen molar-refractivity contribution in [3.8, 4) is 11.3 Å². The van der Waals surface area contributed by atoms with Gasteiger partial charge in [0.2, 0.25) is 0 Å². The average Bonchev–Trinajstić information content (AvgIpc) is 2.68. The fraction of sp³-hybridized carbons (Fsp3) is 0.474. The Morgan fingerprint density at radius 2 is 2.04 bits per heavy atom. The number of aliphatic hydroxyl groups is 1. The topological polar surface area (TPSA) is 61.3 Å². The Morgan fingerprint density at radius 3 is 2.79 bits per heavy atom. The van der Waals surface area contributed by atoms with Gasteiger partial charge in [-0.2, -0.15) is 0 Å². The second kappa shape index (κ2) is 6.49. The third-order valence-electron chi connectivity index (χ3n) is 5.53. The summed E-state index contributed by atoms with van der Waals surface area (Å²) in [7, 11) is 0. The van der Waals surface area contributed by atoms with Gasteiger partial charge in [0.15, 0.2) is 5.82 Å². The van der Waals surface area contributed by atoms with Crippen LogP contribution in [-0.4, -0.2) is 47.6 Å². The molecule has 0 spiro atoms. The summed E-state index contributed by atoms with van der Waals surface area (Å²) in [5, 5.41) is 22.5. The van der Waals surface area contributed by atoms with Gasteiger partial charge in [-0.3, -0.25) is 0 Å². The maximum Gasteiger partial charge on any atom is 0.151 e. The van der Waals surface area contributed by atoms with Crippen LogP contribution < -0.4 is 10.2 Å². The standard InChI is InChI=1S/C19H24N4O/c24-14-19-10-4-11-20-17(19)9-12-23(13-19)18-8-7-16(21-22-18)15-5-2-1-3-6-15/h1-3,5-8,17,20,24H,4,9-14H2/t17-,19-/m1/s1. The molecule has 4 rings (SSSR count). The largest absolute Gasteiger partial charge is 0.396 e. The minimum absolute atomic E-state index is 0.0454. The summed E-state index contributed by atoms with van der Waals surface area (Å²) in [5.41, 5.74) is 1.93. The average molecular weight is 324 g/mol. The van der Waals surface area contributed by atoms with E-state index in [0.717, 1.165) is 56.0 Å². The van der Waals surface area contributed by atoms with Crippen LogP contribution in [0.2, 0.25) is 0 Å². The van der Waals surface area contributed by atoms with Crippen molar-refractivity contribution in [1.82, 2.24) is 15.5 Å². The van der Waals surface area contributed by atoms with Gasteiger partial charge in [-0.05, 0) is 37.9 Å². The first-order valence-corrected chi connectivity index (χ1v) is 8.79. The van der Waals surface area contributed by atoms with Crippen LogP contribution in [-0.2, 0) is 0 Å². The molecule has 1 aromatic heterocycles. The maximum atomic E-state index is 10.0. The molecule has 5 nitrogen and oxygen atoms in total. The summed E-state index contributed by atoms with van der Waals surface area (Å²) in [6, 6.07) is 14.6. The molecule has 3 heterocycles. The van der Waals surface area contributed by atoms with Gasteiger partial charge >= 0.3 is 0 Å². The van der Waals surface area contributed by atoms with Crippen molar-refractivity contribution < 1.29 is 5.11 Å². The quantitative estimate of drug-likeness (QED) is 0.905. The summed E-state index contributed by atoms with van der Waals surface area (Å²) in [4.78, 5) is 2.28. The Bertz CT molecular complexity index is 676. The third-order valence-corrected chi connectivity index (χ3v) is 5.53. The number of nitrogens with zero attached hydrogens (tertiary/aromatic N) is 3. The van der Waals surface area contributed by atoms with E-state index in [0.29, 0.717) is 6.04 Å². The molecule has 2 aromatic rings. The number of aliphatic hydroxyl groups excluding tert-OH is 1. The van der Waals surface area contributed by atoms with Crippen LogP contribution in [0.3, 0.4) is 0 Å². The second-order valence-corrected chi connectivity index (χ2v) is 6.98. The summed E-state index contributed by atoms with van der Waals surface area (Å²) in [5.74, 6) is 0.909. The zero-order valence-corrected chi connectivity index (χ0v) is 13.9. The first-order valence-electron chi connectivity index (χ1n) is 8.79. The van der Waals surface area contributed by atoms with E-state index in [1.807, 2.05) is 36.4 Å². The van der Waals surface area contributed by atoms with Crippen LogP contribution in [0.4, 0.5) is 5.82 Å². The molecular weight excluding hydrogens is 300 g/mol. The van der Waals surface area contributed by atoms with E-state index in [4.69, 9.17) is 0 Å². The zero-order chi connectivity index (χ0) is 16.4. The molecule has 5 heteroatoms. The smallest absolute Gasteiger partial charge is 0.151 e. The number of benzene rings is 1. The van der Waals surface area contributed by atoms with Crippen LogP contribution >= 0.6 is 0 Å². The molecule has 2 aliphatic heterocycles. The maximum absolute atomic E-state index is 10.0. The molecule has 0 aliphatic carbocycles. The lowest BCUT2D eigenvalue weighted by Gasteiger charge is -2.50. The van der Waals surface area contributed by atoms with E-state index in [1.165, 1.54) is 0 Å². The van der Waals surface area contributed by atoms with Gasteiger partial charge in [0.1, 0.15) is 0 Å². The van der Waals surface area contributed by atoms with Crippen LogP contribution in [0, 0.1) is 5.41 Å². The number of rotatable bonds is 3. The van der Waals surface area contributed by atoms with Gasteiger partial charge in [-0.15, -0.1) is 10.2 Å². The second-order valence-electron chi connectivity index (χ2n) is 6.98. The molecule has 126 valence electrons. The Balaban J connectivity index is 1.54. The van der Waals surface area contributed by atoms with Gasteiger partial charge < -0.3 is 15.3 Å². The van der Waals surface area contributed by atoms with Crippen LogP contribution in [0.25, 0.3) is 11.3 Å². The van der Waals surface area contributed by atoms with E-state index in [1.54, 1.807) is 0 Å². The van der Waals surface area contributed by atoms with Crippen molar-refractivity contribution in [2.75, 3.05) is 31.1 Å². The number of hydrogen-bond donors (Lipinski definition) is 2. The Kier molecular flexibility index (Phi) is 4.21. The van der Waals surface area contributed by atoms with Gasteiger partial charge in [0.25, 0.3) is 0 Å². The van der Waals surface area contributed by atoms with E-state index in [2.05, 4.69) is 26.5 Å². The molecular formula is C19H24N4O. The fourth-order valence-electron chi connectivity index (χ4n) is 4.14. The first-order chi connectivity index (χ1) is 11.8. The lowest BCUT2D eigenvalue weighted by Crippen LogP contribution is -2.61. The monoisotopic (exact) mass is 324 g/mol. The lowest BCUT2D eigenvalue weighted by atomic mass is 9.71. The van der Waals surface area contributed by atoms with Crippen molar-refractivity contribution in [2.24, 2.45) is 5.41 Å². The van der Waals surface area contributed by atoms with Gasteiger partial charge in [-0.1, -0.05) is 30.3 Å². The number of fused-ring (bicyclic) bond motifs is 1. The molecule has 2 aliphatic rings. The minimum atomic E-state index is -0.0454. The Labute approximate surface area is 142 Å². The highest BCUT2D eigenvalue weighted by atomic mass is 16.3. The van der Waals surface area contributed by atoms with E-state index in [-0.39, 0.29) is 12.0 Å². The van der Waals surface area contributed by atoms with Gasteiger partial charge in [0.05, 0.1) is 12.3 Å². The molecule has 0 unspecified atom stereocenters. The van der Waals surface area contributed by atoms with Crippen molar-refractivity contribution in [1.29, 1.82) is 0 Å². The number of hydrogen-bond acceptors (Lipinski definition) is 5. The van der Waals surface area contributed by atoms with E-state index in [9.17, 15) is 5.11 Å². The Hall–Kier alpha value is -1.98. The molecule has 1 aromatic carbocycles. The van der Waals surface area contributed by atoms with Crippen molar-refractivity contribution in [2.45, 2.75) is 25.3 Å².